The second-order valence-electron chi connectivity index (χ2n) is 7.68. The molecule has 33 heavy (non-hydrogen) atoms. The van der Waals surface area contributed by atoms with Crippen LogP contribution in [0.15, 0.2) is 53.3 Å². The lowest BCUT2D eigenvalue weighted by atomic mass is 10.1. The summed E-state index contributed by atoms with van der Waals surface area (Å²) in [6.07, 6.45) is 0. The predicted octanol–water partition coefficient (Wildman–Crippen LogP) is 2.95. The summed E-state index contributed by atoms with van der Waals surface area (Å²) in [6.45, 7) is 9.21. The molecule has 0 atom stereocenters. The van der Waals surface area contributed by atoms with Gasteiger partial charge in [0.05, 0.1) is 11.4 Å². The Kier molecular flexibility index (Phi) is 8.21. The molecular formula is C25H30N4O4. The van der Waals surface area contributed by atoms with Crippen molar-refractivity contribution in [3.8, 4) is 34.0 Å². The van der Waals surface area contributed by atoms with Crippen LogP contribution in [-0.4, -0.2) is 58.7 Å². The molecule has 0 unspecified atom stereocenters. The number of phenols is 1. The van der Waals surface area contributed by atoms with Gasteiger partial charge in [-0.1, -0.05) is 13.8 Å². The first-order valence-electron chi connectivity index (χ1n) is 11.0. The molecule has 0 radical (unpaired) electrons. The number of aromatic hydroxyl groups is 1. The maximum atomic E-state index is 12.1. The highest BCUT2D eigenvalue weighted by atomic mass is 16.5. The van der Waals surface area contributed by atoms with Gasteiger partial charge < -0.3 is 25.0 Å². The molecular weight excluding hydrogens is 420 g/mol. The van der Waals surface area contributed by atoms with Crippen molar-refractivity contribution in [2.24, 2.45) is 0 Å². The molecule has 0 saturated heterocycles. The number of nitrogens with one attached hydrogen (secondary N) is 2. The molecule has 0 aliphatic carbocycles. The quantitative estimate of drug-likeness (QED) is 0.438. The average Bonchev–Trinajstić information content (AvgIpc) is 2.82. The van der Waals surface area contributed by atoms with Crippen molar-refractivity contribution >= 4 is 5.91 Å². The number of hydrogen-bond acceptors (Lipinski definition) is 6. The van der Waals surface area contributed by atoms with Crippen LogP contribution in [0.1, 0.15) is 19.4 Å². The van der Waals surface area contributed by atoms with E-state index in [0.29, 0.717) is 29.2 Å². The third-order valence-electron chi connectivity index (χ3n) is 5.42. The van der Waals surface area contributed by atoms with Gasteiger partial charge in [0.1, 0.15) is 11.5 Å². The molecule has 0 spiro atoms. The van der Waals surface area contributed by atoms with Gasteiger partial charge in [-0.3, -0.25) is 4.79 Å². The highest BCUT2D eigenvalue weighted by molar-refractivity contribution is 5.77. The minimum Gasteiger partial charge on any atom is -0.508 e. The summed E-state index contributed by atoms with van der Waals surface area (Å²) in [7, 11) is 0. The number of carbonyl (C=O) groups excluding carboxylic acids is 1. The summed E-state index contributed by atoms with van der Waals surface area (Å²) in [5, 5.41) is 12.6. The van der Waals surface area contributed by atoms with E-state index < -0.39 is 5.69 Å². The molecule has 3 aromatic rings. The van der Waals surface area contributed by atoms with Crippen molar-refractivity contribution in [1.82, 2.24) is 20.2 Å². The summed E-state index contributed by atoms with van der Waals surface area (Å²) < 4.78 is 5.58. The number of hydrogen-bond donors (Lipinski definition) is 3. The fourth-order valence-electron chi connectivity index (χ4n) is 3.40. The zero-order valence-corrected chi connectivity index (χ0v) is 19.2. The van der Waals surface area contributed by atoms with Gasteiger partial charge in [-0.25, -0.2) is 4.79 Å². The van der Waals surface area contributed by atoms with Gasteiger partial charge in [0.15, 0.2) is 6.61 Å². The SMILES string of the molecule is CCN(CC)CCNC(=O)COc1ccc(-c2cc(-c3ccc(O)c(C)c3)nc(=O)[nH]2)cc1. The first kappa shape index (κ1) is 24.0. The molecule has 0 saturated carbocycles. The largest absolute Gasteiger partial charge is 0.508 e. The molecule has 0 bridgehead atoms. The smallest absolute Gasteiger partial charge is 0.345 e. The van der Waals surface area contributed by atoms with Gasteiger partial charge in [-0.15, -0.1) is 0 Å². The molecule has 1 heterocycles. The fraction of sp³-hybridized carbons (Fsp3) is 0.320. The van der Waals surface area contributed by atoms with E-state index in [1.165, 1.54) is 0 Å². The Labute approximate surface area is 193 Å². The van der Waals surface area contributed by atoms with E-state index in [9.17, 15) is 14.7 Å². The Morgan fingerprint density at radius 2 is 1.79 bits per heavy atom. The first-order chi connectivity index (χ1) is 15.9. The predicted molar refractivity (Wildman–Crippen MR) is 128 cm³/mol. The van der Waals surface area contributed by atoms with Gasteiger partial charge in [-0.2, -0.15) is 4.98 Å². The highest BCUT2D eigenvalue weighted by Crippen LogP contribution is 2.26. The molecule has 0 aliphatic rings. The van der Waals surface area contributed by atoms with Crippen molar-refractivity contribution in [1.29, 1.82) is 0 Å². The van der Waals surface area contributed by atoms with Gasteiger partial charge in [-0.05, 0) is 79.7 Å². The molecule has 1 aromatic heterocycles. The minimum absolute atomic E-state index is 0.0615. The summed E-state index contributed by atoms with van der Waals surface area (Å²) >= 11 is 0. The molecule has 3 N–H and O–H groups in total. The second-order valence-corrected chi connectivity index (χ2v) is 7.68. The van der Waals surface area contributed by atoms with Crippen molar-refractivity contribution in [3.05, 3.63) is 64.6 Å². The van der Waals surface area contributed by atoms with Gasteiger partial charge in [0, 0.05) is 18.7 Å². The summed E-state index contributed by atoms with van der Waals surface area (Å²) in [4.78, 5) is 33.2. The number of phenolic OH excluding ortho intramolecular Hbond substituents is 1. The lowest BCUT2D eigenvalue weighted by molar-refractivity contribution is -0.123. The summed E-state index contributed by atoms with van der Waals surface area (Å²) in [5.41, 5.74) is 2.88. The minimum atomic E-state index is -0.463. The summed E-state index contributed by atoms with van der Waals surface area (Å²) in [6, 6.07) is 14.0. The molecule has 8 heteroatoms. The number of nitrogens with zero attached hydrogens (tertiary/aromatic N) is 2. The van der Waals surface area contributed by atoms with Crippen molar-refractivity contribution in [3.63, 3.8) is 0 Å². The number of H-pyrrole nitrogens is 1. The Morgan fingerprint density at radius 1 is 1.09 bits per heavy atom. The zero-order chi connectivity index (χ0) is 23.8. The van der Waals surface area contributed by atoms with E-state index in [1.807, 2.05) is 12.1 Å². The number of amides is 1. The van der Waals surface area contributed by atoms with Crippen LogP contribution in [0, 0.1) is 6.92 Å². The zero-order valence-electron chi connectivity index (χ0n) is 19.2. The number of ether oxygens (including phenoxy) is 1. The van der Waals surface area contributed by atoms with Gasteiger partial charge >= 0.3 is 5.69 Å². The molecule has 1 amide bonds. The standard InChI is InChI=1S/C25H30N4O4/c1-4-29(5-2)13-12-26-24(31)16-33-20-9-6-18(7-10-20)21-15-22(28-25(32)27-21)19-8-11-23(30)17(3)14-19/h6-11,14-15,30H,4-5,12-13,16H2,1-3H3,(H,26,31)(H,27,28,32). The highest BCUT2D eigenvalue weighted by Gasteiger charge is 2.09. The van der Waals surface area contributed by atoms with E-state index >= 15 is 0 Å². The van der Waals surface area contributed by atoms with Crippen LogP contribution in [-0.2, 0) is 4.79 Å². The normalized spacial score (nSPS) is 10.9. The molecule has 0 fully saturated rings. The Hall–Kier alpha value is -3.65. The Bertz CT molecular complexity index is 1140. The fourth-order valence-corrected chi connectivity index (χ4v) is 3.40. The van der Waals surface area contributed by atoms with Crippen LogP contribution in [0.4, 0.5) is 0 Å². The summed E-state index contributed by atoms with van der Waals surface area (Å²) in [5.74, 6) is 0.582. The third kappa shape index (κ3) is 6.66. The van der Waals surface area contributed by atoms with Crippen LogP contribution in [0.2, 0.25) is 0 Å². The third-order valence-corrected chi connectivity index (χ3v) is 5.42. The molecule has 3 rings (SSSR count). The number of likely N-dealkylation sites (N-methyl/N-ethyl adjacent to an activating group) is 1. The number of aryl methyl sites for hydroxylation is 1. The molecule has 2 aromatic carbocycles. The lowest BCUT2D eigenvalue weighted by Gasteiger charge is -2.18. The van der Waals surface area contributed by atoms with E-state index in [4.69, 9.17) is 4.74 Å². The number of aromatic nitrogens is 2. The van der Waals surface area contributed by atoms with Gasteiger partial charge in [0.25, 0.3) is 5.91 Å². The Morgan fingerprint density at radius 3 is 2.45 bits per heavy atom. The molecule has 174 valence electrons. The van der Waals surface area contributed by atoms with Crippen LogP contribution < -0.4 is 15.7 Å². The number of aromatic amines is 1. The van der Waals surface area contributed by atoms with Crippen LogP contribution in [0.5, 0.6) is 11.5 Å². The maximum Gasteiger partial charge on any atom is 0.345 e. The lowest BCUT2D eigenvalue weighted by Crippen LogP contribution is -2.36. The number of benzene rings is 2. The molecule has 8 nitrogen and oxygen atoms in total. The van der Waals surface area contributed by atoms with E-state index in [1.54, 1.807) is 43.3 Å². The van der Waals surface area contributed by atoms with Crippen LogP contribution in [0.25, 0.3) is 22.5 Å². The van der Waals surface area contributed by atoms with Gasteiger partial charge in [0.2, 0.25) is 0 Å². The van der Waals surface area contributed by atoms with Crippen molar-refractivity contribution in [2.45, 2.75) is 20.8 Å². The number of rotatable bonds is 10. The molecule has 0 aliphatic heterocycles. The van der Waals surface area contributed by atoms with E-state index in [-0.39, 0.29) is 18.3 Å². The Balaban J connectivity index is 1.63. The van der Waals surface area contributed by atoms with Crippen LogP contribution in [0.3, 0.4) is 0 Å². The second kappa shape index (κ2) is 11.3. The van der Waals surface area contributed by atoms with E-state index in [0.717, 1.165) is 30.8 Å². The van der Waals surface area contributed by atoms with Crippen molar-refractivity contribution in [2.75, 3.05) is 32.8 Å². The average molecular weight is 451 g/mol. The maximum absolute atomic E-state index is 12.1. The van der Waals surface area contributed by atoms with E-state index in [2.05, 4.69) is 34.0 Å². The van der Waals surface area contributed by atoms with Crippen molar-refractivity contribution < 1.29 is 14.6 Å². The van der Waals surface area contributed by atoms with Crippen LogP contribution >= 0.6 is 0 Å². The topological polar surface area (TPSA) is 108 Å². The number of carbonyl (C=O) groups is 1. The first-order valence-corrected chi connectivity index (χ1v) is 11.0. The monoisotopic (exact) mass is 450 g/mol.